The molecule has 0 aliphatic rings. The van der Waals surface area contributed by atoms with E-state index in [-0.39, 0.29) is 0 Å². The number of fused-ring (bicyclic) bond motifs is 2. The maximum atomic E-state index is 2.46. The molecule has 0 nitrogen and oxygen atoms in total. The third kappa shape index (κ3) is 23.0. The van der Waals surface area contributed by atoms with Crippen LogP contribution < -0.4 is 0 Å². The Bertz CT molecular complexity index is 1470. The fourth-order valence-corrected chi connectivity index (χ4v) is 8.74. The Morgan fingerprint density at radius 1 is 0.281 bits per heavy atom. The summed E-state index contributed by atoms with van der Waals surface area (Å²) in [5, 5.41) is 5.65. The van der Waals surface area contributed by atoms with Crippen LogP contribution >= 0.6 is 0 Å². The summed E-state index contributed by atoms with van der Waals surface area (Å²) < 4.78 is 0. The van der Waals surface area contributed by atoms with Crippen molar-refractivity contribution in [3.63, 3.8) is 0 Å². The van der Waals surface area contributed by atoms with Crippen molar-refractivity contribution < 1.29 is 0 Å². The van der Waals surface area contributed by atoms with E-state index in [1.165, 1.54) is 256 Å². The maximum Gasteiger partial charge on any atom is -0.0152 e. The predicted molar refractivity (Wildman–Crippen MR) is 259 cm³/mol. The molecular formula is C57H90. The lowest BCUT2D eigenvalue weighted by Gasteiger charge is -2.07. The van der Waals surface area contributed by atoms with Gasteiger partial charge in [-0.3, -0.25) is 0 Å². The zero-order chi connectivity index (χ0) is 40.4. The summed E-state index contributed by atoms with van der Waals surface area (Å²) in [5.74, 6) is 0. The number of benzene rings is 4. The molecule has 0 saturated heterocycles. The molecular weight excluding hydrogens is 685 g/mol. The van der Waals surface area contributed by atoms with Crippen LogP contribution in [0, 0.1) is 6.92 Å². The van der Waals surface area contributed by atoms with Gasteiger partial charge >= 0.3 is 0 Å². The van der Waals surface area contributed by atoms with Crippen LogP contribution in [0.1, 0.15) is 236 Å². The lowest BCUT2D eigenvalue weighted by atomic mass is 9.98. The Kier molecular flexibility index (Phi) is 28.5. The highest BCUT2D eigenvalue weighted by molar-refractivity contribution is 5.86. The lowest BCUT2D eigenvalue weighted by Crippen LogP contribution is -1.89. The van der Waals surface area contributed by atoms with E-state index in [0.29, 0.717) is 0 Å². The highest BCUT2D eigenvalue weighted by atomic mass is 14.1. The number of hydrogen-bond acceptors (Lipinski definition) is 0. The quantitative estimate of drug-likeness (QED) is 0.0423. The van der Waals surface area contributed by atoms with E-state index in [2.05, 4.69) is 100 Å². The molecule has 0 aliphatic carbocycles. The van der Waals surface area contributed by atoms with Crippen molar-refractivity contribution in [1.29, 1.82) is 0 Å². The third-order valence-electron chi connectivity index (χ3n) is 12.6. The van der Waals surface area contributed by atoms with E-state index in [1.807, 2.05) is 0 Å². The molecule has 4 aromatic rings. The van der Waals surface area contributed by atoms with Gasteiger partial charge in [-0.2, -0.15) is 0 Å². The molecule has 0 heterocycles. The minimum Gasteiger partial charge on any atom is -0.0654 e. The normalized spacial score (nSPS) is 11.4. The summed E-state index contributed by atoms with van der Waals surface area (Å²) in [6.07, 6.45) is 46.2. The van der Waals surface area contributed by atoms with Gasteiger partial charge < -0.3 is 0 Å². The SMILES string of the molecule is CCCCCCCCCCCCc1ccc2ccc(CCCCCCCCCCCC)cc2c1.CCCCCCCCCCCCc1ccc2cccc(C)c2c1. The molecule has 0 unspecified atom stereocenters. The summed E-state index contributed by atoms with van der Waals surface area (Å²) >= 11 is 0. The molecule has 0 spiro atoms. The van der Waals surface area contributed by atoms with Crippen LogP contribution in [0.2, 0.25) is 0 Å². The second-order valence-corrected chi connectivity index (χ2v) is 17.9. The Morgan fingerprint density at radius 3 is 0.965 bits per heavy atom. The molecule has 4 rings (SSSR count). The van der Waals surface area contributed by atoms with Gasteiger partial charge in [-0.15, -0.1) is 0 Å². The van der Waals surface area contributed by atoms with Gasteiger partial charge in [-0.1, -0.05) is 267 Å². The van der Waals surface area contributed by atoms with Crippen molar-refractivity contribution in [1.82, 2.24) is 0 Å². The van der Waals surface area contributed by atoms with E-state index in [9.17, 15) is 0 Å². The van der Waals surface area contributed by atoms with Crippen LogP contribution in [0.25, 0.3) is 21.5 Å². The van der Waals surface area contributed by atoms with Gasteiger partial charge in [-0.25, -0.2) is 0 Å². The zero-order valence-electron chi connectivity index (χ0n) is 38.3. The first-order valence-corrected chi connectivity index (χ1v) is 25.1. The van der Waals surface area contributed by atoms with E-state index >= 15 is 0 Å². The van der Waals surface area contributed by atoms with Gasteiger partial charge in [0.15, 0.2) is 0 Å². The Hall–Kier alpha value is -2.60. The minimum atomic E-state index is 1.24. The molecule has 0 atom stereocenters. The monoisotopic (exact) mass is 775 g/mol. The number of aryl methyl sites for hydroxylation is 4. The maximum absolute atomic E-state index is 2.46. The van der Waals surface area contributed by atoms with Crippen molar-refractivity contribution in [2.24, 2.45) is 0 Å². The molecule has 0 fully saturated rings. The fourth-order valence-electron chi connectivity index (χ4n) is 8.74. The number of unbranched alkanes of at least 4 members (excludes halogenated alkanes) is 27. The standard InChI is InChI=1S/C34H56.C23H34/c1-3-5-7-9-11-13-15-17-19-21-23-31-25-27-33-28-26-32(30-34(33)29-31)24-22-20-18-16-14-12-10-8-6-4-2;1-3-4-5-6-7-8-9-10-11-12-15-21-17-18-22-16-13-14-20(2)23(22)19-21/h25-30H,3-24H2,1-2H3;13-14,16-19H,3-12,15H2,1-2H3. The van der Waals surface area contributed by atoms with Gasteiger partial charge in [0.1, 0.15) is 0 Å². The Labute approximate surface area is 354 Å². The first-order valence-electron chi connectivity index (χ1n) is 25.1. The van der Waals surface area contributed by atoms with Gasteiger partial charge in [0.05, 0.1) is 0 Å². The van der Waals surface area contributed by atoms with Crippen LogP contribution in [0.5, 0.6) is 0 Å². The molecule has 0 bridgehead atoms. The summed E-state index contributed by atoms with van der Waals surface area (Å²) in [5.41, 5.74) is 5.96. The average molecular weight is 775 g/mol. The van der Waals surface area contributed by atoms with Crippen LogP contribution in [0.4, 0.5) is 0 Å². The minimum absolute atomic E-state index is 1.24. The van der Waals surface area contributed by atoms with Gasteiger partial charge in [0, 0.05) is 0 Å². The summed E-state index contributed by atoms with van der Waals surface area (Å²) in [6.45, 7) is 9.10. The molecule has 318 valence electrons. The highest BCUT2D eigenvalue weighted by Crippen LogP contribution is 2.23. The summed E-state index contributed by atoms with van der Waals surface area (Å²) in [4.78, 5) is 0. The molecule has 0 aromatic heterocycles. The number of rotatable bonds is 33. The van der Waals surface area contributed by atoms with Crippen molar-refractivity contribution in [3.8, 4) is 0 Å². The molecule has 0 heteroatoms. The van der Waals surface area contributed by atoms with Crippen molar-refractivity contribution in [2.45, 2.75) is 240 Å². The van der Waals surface area contributed by atoms with E-state index in [0.717, 1.165) is 0 Å². The van der Waals surface area contributed by atoms with Crippen molar-refractivity contribution >= 4 is 21.5 Å². The Morgan fingerprint density at radius 2 is 0.596 bits per heavy atom. The van der Waals surface area contributed by atoms with Crippen LogP contribution in [0.3, 0.4) is 0 Å². The van der Waals surface area contributed by atoms with E-state index < -0.39 is 0 Å². The number of hydrogen-bond donors (Lipinski definition) is 0. The predicted octanol–water partition coefficient (Wildman–Crippen LogP) is 19.4. The zero-order valence-corrected chi connectivity index (χ0v) is 38.3. The summed E-state index contributed by atoms with van der Waals surface area (Å²) in [6, 6.07) is 27.9. The molecule has 0 N–H and O–H groups in total. The summed E-state index contributed by atoms with van der Waals surface area (Å²) in [7, 11) is 0. The second-order valence-electron chi connectivity index (χ2n) is 17.9. The third-order valence-corrected chi connectivity index (χ3v) is 12.6. The Balaban J connectivity index is 0.000000329. The first-order chi connectivity index (χ1) is 28.1. The average Bonchev–Trinajstić information content (AvgIpc) is 3.23. The van der Waals surface area contributed by atoms with Gasteiger partial charge in [0.2, 0.25) is 0 Å². The molecule has 0 saturated carbocycles. The molecule has 0 amide bonds. The second kappa shape index (κ2) is 33.3. The van der Waals surface area contributed by atoms with E-state index in [4.69, 9.17) is 0 Å². The molecule has 4 aromatic carbocycles. The van der Waals surface area contributed by atoms with Gasteiger partial charge in [0.25, 0.3) is 0 Å². The smallest absolute Gasteiger partial charge is 0.0152 e. The van der Waals surface area contributed by atoms with Gasteiger partial charge in [-0.05, 0) is 89.2 Å². The molecule has 0 radical (unpaired) electrons. The van der Waals surface area contributed by atoms with E-state index in [1.54, 1.807) is 0 Å². The van der Waals surface area contributed by atoms with Crippen LogP contribution in [-0.2, 0) is 19.3 Å². The van der Waals surface area contributed by atoms with Crippen molar-refractivity contribution in [3.05, 3.63) is 95.1 Å². The fraction of sp³-hybridized carbons (Fsp3) is 0.649. The topological polar surface area (TPSA) is 0 Å². The van der Waals surface area contributed by atoms with Crippen molar-refractivity contribution in [2.75, 3.05) is 0 Å². The van der Waals surface area contributed by atoms with Crippen LogP contribution in [-0.4, -0.2) is 0 Å². The van der Waals surface area contributed by atoms with Crippen LogP contribution in [0.15, 0.2) is 72.8 Å². The first kappa shape index (κ1) is 48.8. The largest absolute Gasteiger partial charge is 0.0654 e. The highest BCUT2D eigenvalue weighted by Gasteiger charge is 2.03. The molecule has 57 heavy (non-hydrogen) atoms. The lowest BCUT2D eigenvalue weighted by molar-refractivity contribution is 0.556. The molecule has 0 aliphatic heterocycles.